The van der Waals surface area contributed by atoms with Crippen LogP contribution in [-0.4, -0.2) is 35.2 Å². The van der Waals surface area contributed by atoms with Crippen molar-refractivity contribution in [3.63, 3.8) is 0 Å². The van der Waals surface area contributed by atoms with Gasteiger partial charge in [0, 0.05) is 31.0 Å². The van der Waals surface area contributed by atoms with Crippen molar-refractivity contribution in [1.29, 1.82) is 0 Å². The van der Waals surface area contributed by atoms with Gasteiger partial charge in [-0.2, -0.15) is 0 Å². The lowest BCUT2D eigenvalue weighted by atomic mass is 9.90. The molecule has 4 nitrogen and oxygen atoms in total. The second-order valence-electron chi connectivity index (χ2n) is 6.16. The van der Waals surface area contributed by atoms with Gasteiger partial charge >= 0.3 is 0 Å². The fourth-order valence-corrected chi connectivity index (χ4v) is 3.52. The topological polar surface area (TPSA) is 51.4 Å². The zero-order chi connectivity index (χ0) is 14.1. The average Bonchev–Trinajstić information content (AvgIpc) is 2.48. The molecule has 20 heavy (non-hydrogen) atoms. The summed E-state index contributed by atoms with van der Waals surface area (Å²) in [6, 6.07) is 0.571. The molecule has 1 aromatic rings. The van der Waals surface area contributed by atoms with Crippen LogP contribution in [0.5, 0.6) is 0 Å². The first kappa shape index (κ1) is 13.8. The Balaban J connectivity index is 1.78. The van der Waals surface area contributed by atoms with E-state index in [1.54, 1.807) is 0 Å². The third-order valence-corrected chi connectivity index (χ3v) is 4.88. The molecule has 1 aromatic heterocycles. The molecule has 0 aromatic carbocycles. The number of fused-ring (bicyclic) bond motifs is 1. The summed E-state index contributed by atoms with van der Waals surface area (Å²) in [5, 5.41) is 0. The van der Waals surface area contributed by atoms with Gasteiger partial charge in [0.2, 0.25) is 0 Å². The molecule has 2 unspecified atom stereocenters. The summed E-state index contributed by atoms with van der Waals surface area (Å²) in [7, 11) is 0. The lowest BCUT2D eigenvalue weighted by Gasteiger charge is -2.43. The van der Waals surface area contributed by atoms with Crippen LogP contribution in [0.3, 0.4) is 0 Å². The first-order valence-corrected chi connectivity index (χ1v) is 7.73. The maximum Gasteiger partial charge on any atom is 0.0731 e. The van der Waals surface area contributed by atoms with Crippen LogP contribution in [0.4, 0.5) is 5.69 Å². The Morgan fingerprint density at radius 2 is 2.15 bits per heavy atom. The second kappa shape index (κ2) is 5.70. The third kappa shape index (κ3) is 2.54. The van der Waals surface area contributed by atoms with E-state index in [1.807, 2.05) is 13.1 Å². The molecule has 2 atom stereocenters. The Hall–Kier alpha value is -1.13. The number of rotatable bonds is 2. The van der Waals surface area contributed by atoms with E-state index < -0.39 is 0 Å². The fraction of sp³-hybridized carbons (Fsp3) is 0.688. The Labute approximate surface area is 121 Å². The van der Waals surface area contributed by atoms with Crippen LogP contribution >= 0.6 is 0 Å². The Morgan fingerprint density at radius 1 is 1.35 bits per heavy atom. The zero-order valence-electron chi connectivity index (χ0n) is 12.6. The highest BCUT2D eigenvalue weighted by Crippen LogP contribution is 2.30. The van der Waals surface area contributed by atoms with E-state index >= 15 is 0 Å². The van der Waals surface area contributed by atoms with E-state index in [9.17, 15) is 0 Å². The van der Waals surface area contributed by atoms with Gasteiger partial charge in [0.1, 0.15) is 0 Å². The smallest absolute Gasteiger partial charge is 0.0731 e. The maximum atomic E-state index is 6.14. The van der Waals surface area contributed by atoms with E-state index in [1.165, 1.54) is 25.7 Å². The van der Waals surface area contributed by atoms with Crippen LogP contribution in [0.1, 0.15) is 42.5 Å². The van der Waals surface area contributed by atoms with Gasteiger partial charge in [-0.3, -0.25) is 9.88 Å². The van der Waals surface area contributed by atoms with Crippen molar-refractivity contribution in [3.8, 4) is 0 Å². The van der Waals surface area contributed by atoms with Crippen molar-refractivity contribution in [2.24, 2.45) is 0 Å². The number of pyridine rings is 1. The molecule has 4 heteroatoms. The van der Waals surface area contributed by atoms with Crippen LogP contribution in [0.15, 0.2) is 6.20 Å². The van der Waals surface area contributed by atoms with Gasteiger partial charge < -0.3 is 10.5 Å². The summed E-state index contributed by atoms with van der Waals surface area (Å²) >= 11 is 0. The standard InChI is InChI=1S/C16H25N3O/c1-11-9-18-13(12(2)16(11)17)10-19-7-8-20-15-6-4-3-5-14(15)19/h9,14-15H,3-8,10H2,1-2H3,(H2,17,18). The Kier molecular flexibility index (Phi) is 3.94. The van der Waals surface area contributed by atoms with E-state index in [4.69, 9.17) is 10.5 Å². The molecule has 0 radical (unpaired) electrons. The molecule has 1 aliphatic carbocycles. The highest BCUT2D eigenvalue weighted by molar-refractivity contribution is 5.53. The van der Waals surface area contributed by atoms with Crippen LogP contribution in [-0.2, 0) is 11.3 Å². The SMILES string of the molecule is Cc1cnc(CN2CCOC3CCCCC32)c(C)c1N. The lowest BCUT2D eigenvalue weighted by Crippen LogP contribution is -2.52. The molecule has 0 spiro atoms. The van der Waals surface area contributed by atoms with Crippen molar-refractivity contribution >= 4 is 5.69 Å². The summed E-state index contributed by atoms with van der Waals surface area (Å²) < 4.78 is 5.94. The van der Waals surface area contributed by atoms with Crippen molar-refractivity contribution in [1.82, 2.24) is 9.88 Å². The minimum atomic E-state index is 0.431. The molecule has 2 heterocycles. The number of morpholine rings is 1. The van der Waals surface area contributed by atoms with Crippen molar-refractivity contribution < 1.29 is 4.74 Å². The number of aryl methyl sites for hydroxylation is 1. The number of nitrogens with zero attached hydrogens (tertiary/aromatic N) is 2. The largest absolute Gasteiger partial charge is 0.398 e. The summed E-state index contributed by atoms with van der Waals surface area (Å²) in [5.41, 5.74) is 10.4. The molecule has 2 aliphatic rings. The average molecular weight is 275 g/mol. The number of anilines is 1. The molecule has 2 N–H and O–H groups in total. The normalized spacial score (nSPS) is 27.3. The molecule has 1 saturated carbocycles. The first-order valence-electron chi connectivity index (χ1n) is 7.73. The summed E-state index contributed by atoms with van der Waals surface area (Å²) in [5.74, 6) is 0. The predicted octanol–water partition coefficient (Wildman–Crippen LogP) is 2.42. The van der Waals surface area contributed by atoms with Crippen LogP contribution < -0.4 is 5.73 Å². The minimum Gasteiger partial charge on any atom is -0.398 e. The molecular weight excluding hydrogens is 250 g/mol. The number of hydrogen-bond donors (Lipinski definition) is 1. The lowest BCUT2D eigenvalue weighted by molar-refractivity contribution is -0.0914. The van der Waals surface area contributed by atoms with Gasteiger partial charge in [-0.05, 0) is 37.8 Å². The summed E-state index contributed by atoms with van der Waals surface area (Å²) in [6.07, 6.45) is 7.43. The molecule has 2 fully saturated rings. The minimum absolute atomic E-state index is 0.431. The van der Waals surface area contributed by atoms with Gasteiger partial charge in [0.25, 0.3) is 0 Å². The molecule has 0 bridgehead atoms. The maximum absolute atomic E-state index is 6.14. The van der Waals surface area contributed by atoms with Gasteiger partial charge in [-0.15, -0.1) is 0 Å². The van der Waals surface area contributed by atoms with Crippen molar-refractivity contribution in [2.45, 2.75) is 58.2 Å². The third-order valence-electron chi connectivity index (χ3n) is 4.88. The number of ether oxygens (including phenoxy) is 1. The molecule has 1 saturated heterocycles. The quantitative estimate of drug-likeness (QED) is 0.900. The van der Waals surface area contributed by atoms with Gasteiger partial charge in [-0.25, -0.2) is 0 Å². The molecular formula is C16H25N3O. The van der Waals surface area contributed by atoms with E-state index in [2.05, 4.69) is 16.8 Å². The zero-order valence-corrected chi connectivity index (χ0v) is 12.6. The monoisotopic (exact) mass is 275 g/mol. The van der Waals surface area contributed by atoms with Gasteiger partial charge in [0.05, 0.1) is 18.4 Å². The van der Waals surface area contributed by atoms with Crippen LogP contribution in [0, 0.1) is 13.8 Å². The Bertz CT molecular complexity index is 487. The first-order chi connectivity index (χ1) is 9.66. The van der Waals surface area contributed by atoms with Gasteiger partial charge in [-0.1, -0.05) is 12.8 Å². The number of hydrogen-bond acceptors (Lipinski definition) is 4. The predicted molar refractivity (Wildman–Crippen MR) is 80.5 cm³/mol. The summed E-state index contributed by atoms with van der Waals surface area (Å²) in [4.78, 5) is 7.16. The van der Waals surface area contributed by atoms with E-state index in [-0.39, 0.29) is 0 Å². The fourth-order valence-electron chi connectivity index (χ4n) is 3.52. The number of aromatic nitrogens is 1. The number of nitrogen functional groups attached to an aromatic ring is 1. The summed E-state index contributed by atoms with van der Waals surface area (Å²) in [6.45, 7) is 6.87. The molecule has 3 rings (SSSR count). The highest BCUT2D eigenvalue weighted by Gasteiger charge is 2.34. The van der Waals surface area contributed by atoms with Crippen molar-refractivity contribution in [2.75, 3.05) is 18.9 Å². The highest BCUT2D eigenvalue weighted by atomic mass is 16.5. The second-order valence-corrected chi connectivity index (χ2v) is 6.16. The molecule has 0 amide bonds. The van der Waals surface area contributed by atoms with Gasteiger partial charge in [0.15, 0.2) is 0 Å². The van der Waals surface area contributed by atoms with Crippen LogP contribution in [0.2, 0.25) is 0 Å². The van der Waals surface area contributed by atoms with E-state index in [0.717, 1.165) is 42.2 Å². The van der Waals surface area contributed by atoms with E-state index in [0.29, 0.717) is 12.1 Å². The molecule has 110 valence electrons. The van der Waals surface area contributed by atoms with Crippen molar-refractivity contribution in [3.05, 3.63) is 23.0 Å². The van der Waals surface area contributed by atoms with Crippen LogP contribution in [0.25, 0.3) is 0 Å². The molecule has 1 aliphatic heterocycles. The Morgan fingerprint density at radius 3 is 3.00 bits per heavy atom. The number of nitrogens with two attached hydrogens (primary N) is 1.